The second-order valence-corrected chi connectivity index (χ2v) is 4.85. The number of hydrogen-bond acceptors (Lipinski definition) is 5. The first-order chi connectivity index (χ1) is 6.97. The van der Waals surface area contributed by atoms with Crippen molar-refractivity contribution in [1.82, 2.24) is 9.97 Å². The van der Waals surface area contributed by atoms with E-state index in [1.165, 1.54) is 12.4 Å². The summed E-state index contributed by atoms with van der Waals surface area (Å²) < 4.78 is -1.03. The van der Waals surface area contributed by atoms with Crippen LogP contribution in [0.5, 0.6) is 0 Å². The first kappa shape index (κ1) is 11.5. The molecule has 15 heavy (non-hydrogen) atoms. The highest BCUT2D eigenvalue weighted by molar-refractivity contribution is 8.01. The Balaban J connectivity index is 3.00. The van der Waals surface area contributed by atoms with E-state index in [2.05, 4.69) is 9.97 Å². The highest BCUT2D eigenvalue weighted by Crippen LogP contribution is 2.32. The summed E-state index contributed by atoms with van der Waals surface area (Å²) in [6.45, 7) is 3.10. The monoisotopic (exact) mass is 223 g/mol. The van der Waals surface area contributed by atoms with Gasteiger partial charge in [-0.05, 0) is 13.8 Å². The molecule has 0 atom stereocenters. The standard InChI is InChI=1S/C9H9N3O2S/c1-9(2,8(13)14)15-7-6(5-10)11-3-4-12-7/h3-4H,1-2H3,(H,13,14). The van der Waals surface area contributed by atoms with Gasteiger partial charge in [-0.25, -0.2) is 9.97 Å². The minimum atomic E-state index is -1.03. The van der Waals surface area contributed by atoms with Gasteiger partial charge in [-0.15, -0.1) is 0 Å². The molecule has 0 amide bonds. The van der Waals surface area contributed by atoms with Crippen LogP contribution in [0, 0.1) is 11.3 Å². The first-order valence-electron chi connectivity index (χ1n) is 4.11. The molecule has 78 valence electrons. The summed E-state index contributed by atoms with van der Waals surface area (Å²) >= 11 is 1.01. The van der Waals surface area contributed by atoms with Crippen LogP contribution in [0.1, 0.15) is 19.5 Å². The minimum Gasteiger partial charge on any atom is -0.480 e. The highest BCUT2D eigenvalue weighted by atomic mass is 32.2. The Labute approximate surface area is 91.2 Å². The summed E-state index contributed by atoms with van der Waals surface area (Å²) in [5.41, 5.74) is 0.150. The molecule has 6 heteroatoms. The molecule has 0 aliphatic rings. The molecule has 1 N–H and O–H groups in total. The normalized spacial score (nSPS) is 10.7. The van der Waals surface area contributed by atoms with Gasteiger partial charge < -0.3 is 5.11 Å². The summed E-state index contributed by atoms with van der Waals surface area (Å²) in [7, 11) is 0. The number of thioether (sulfide) groups is 1. The lowest BCUT2D eigenvalue weighted by Gasteiger charge is -2.17. The van der Waals surface area contributed by atoms with Gasteiger partial charge in [0.05, 0.1) is 0 Å². The Morgan fingerprint density at radius 1 is 1.53 bits per heavy atom. The Morgan fingerprint density at radius 2 is 2.13 bits per heavy atom. The van der Waals surface area contributed by atoms with Crippen LogP contribution < -0.4 is 0 Å². The Bertz CT molecular complexity index is 426. The number of carboxylic acid groups (broad SMARTS) is 1. The zero-order valence-corrected chi connectivity index (χ0v) is 9.08. The topological polar surface area (TPSA) is 86.9 Å². The fourth-order valence-electron chi connectivity index (χ4n) is 0.762. The average Bonchev–Trinajstić information content (AvgIpc) is 2.18. The van der Waals surface area contributed by atoms with Gasteiger partial charge in [0.1, 0.15) is 15.8 Å². The number of carboxylic acids is 1. The molecule has 0 saturated heterocycles. The molecule has 0 radical (unpaired) electrons. The second kappa shape index (κ2) is 4.28. The van der Waals surface area contributed by atoms with Crippen LogP contribution in [0.15, 0.2) is 17.4 Å². The highest BCUT2D eigenvalue weighted by Gasteiger charge is 2.30. The van der Waals surface area contributed by atoms with Crippen molar-refractivity contribution >= 4 is 17.7 Å². The zero-order chi connectivity index (χ0) is 11.5. The first-order valence-corrected chi connectivity index (χ1v) is 4.92. The van der Waals surface area contributed by atoms with Gasteiger partial charge in [-0.3, -0.25) is 4.79 Å². The minimum absolute atomic E-state index is 0.150. The molecule has 0 aromatic carbocycles. The van der Waals surface area contributed by atoms with Crippen LogP contribution in [0.2, 0.25) is 0 Å². The van der Waals surface area contributed by atoms with Gasteiger partial charge in [-0.2, -0.15) is 5.26 Å². The van der Waals surface area contributed by atoms with E-state index in [1.54, 1.807) is 13.8 Å². The van der Waals surface area contributed by atoms with Crippen molar-refractivity contribution in [2.75, 3.05) is 0 Å². The van der Waals surface area contributed by atoms with Gasteiger partial charge in [0, 0.05) is 12.4 Å². The quantitative estimate of drug-likeness (QED) is 0.777. The lowest BCUT2D eigenvalue weighted by atomic mass is 10.2. The van der Waals surface area contributed by atoms with Gasteiger partial charge in [0.2, 0.25) is 0 Å². The smallest absolute Gasteiger partial charge is 0.319 e. The van der Waals surface area contributed by atoms with Crippen LogP contribution in [0.4, 0.5) is 0 Å². The van der Waals surface area contributed by atoms with Gasteiger partial charge in [-0.1, -0.05) is 11.8 Å². The van der Waals surface area contributed by atoms with Crippen LogP contribution in [-0.4, -0.2) is 25.8 Å². The SMILES string of the molecule is CC(C)(Sc1nccnc1C#N)C(=O)O. The maximum atomic E-state index is 10.9. The predicted molar refractivity (Wildman–Crippen MR) is 54.3 cm³/mol. The van der Waals surface area contributed by atoms with Gasteiger partial charge in [0.15, 0.2) is 5.69 Å². The van der Waals surface area contributed by atoms with Gasteiger partial charge >= 0.3 is 5.97 Å². The lowest BCUT2D eigenvalue weighted by Crippen LogP contribution is -2.27. The van der Waals surface area contributed by atoms with E-state index in [4.69, 9.17) is 10.4 Å². The summed E-state index contributed by atoms with van der Waals surface area (Å²) in [4.78, 5) is 18.6. The van der Waals surface area contributed by atoms with Crippen molar-refractivity contribution in [2.24, 2.45) is 0 Å². The van der Waals surface area contributed by atoms with Crippen molar-refractivity contribution in [3.05, 3.63) is 18.1 Å². The predicted octanol–water partition coefficient (Wildman–Crippen LogP) is 1.30. The van der Waals surface area contributed by atoms with E-state index in [0.29, 0.717) is 5.03 Å². The molecular weight excluding hydrogens is 214 g/mol. The number of nitriles is 1. The van der Waals surface area contributed by atoms with Crippen LogP contribution in [-0.2, 0) is 4.79 Å². The molecule has 0 aliphatic carbocycles. The lowest BCUT2D eigenvalue weighted by molar-refractivity contribution is -0.138. The molecule has 0 unspecified atom stereocenters. The largest absolute Gasteiger partial charge is 0.480 e. The summed E-state index contributed by atoms with van der Waals surface area (Å²) in [5.74, 6) is -0.956. The number of aromatic nitrogens is 2. The number of rotatable bonds is 3. The third-order valence-electron chi connectivity index (χ3n) is 1.64. The fourth-order valence-corrected chi connectivity index (χ4v) is 1.64. The molecule has 0 saturated carbocycles. The maximum Gasteiger partial charge on any atom is 0.319 e. The van der Waals surface area contributed by atoms with Crippen molar-refractivity contribution in [1.29, 1.82) is 5.26 Å². The van der Waals surface area contributed by atoms with E-state index < -0.39 is 10.7 Å². The van der Waals surface area contributed by atoms with E-state index in [1.807, 2.05) is 6.07 Å². The van der Waals surface area contributed by atoms with E-state index in [-0.39, 0.29) is 5.69 Å². The third kappa shape index (κ3) is 2.67. The number of carbonyl (C=O) groups is 1. The van der Waals surface area contributed by atoms with E-state index in [0.717, 1.165) is 11.8 Å². The van der Waals surface area contributed by atoms with Gasteiger partial charge in [0.25, 0.3) is 0 Å². The van der Waals surface area contributed by atoms with E-state index in [9.17, 15) is 4.79 Å². The number of nitrogens with zero attached hydrogens (tertiary/aromatic N) is 3. The van der Waals surface area contributed by atoms with Crippen LogP contribution in [0.25, 0.3) is 0 Å². The Morgan fingerprint density at radius 3 is 2.67 bits per heavy atom. The van der Waals surface area contributed by atoms with Crippen LogP contribution in [0.3, 0.4) is 0 Å². The maximum absolute atomic E-state index is 10.9. The molecule has 1 rings (SSSR count). The number of aliphatic carboxylic acids is 1. The molecule has 0 spiro atoms. The van der Waals surface area contributed by atoms with Crippen molar-refractivity contribution in [3.8, 4) is 6.07 Å². The average molecular weight is 223 g/mol. The Kier molecular flexibility index (Phi) is 3.27. The molecule has 1 aromatic rings. The fraction of sp³-hybridized carbons (Fsp3) is 0.333. The molecule has 1 heterocycles. The third-order valence-corrected chi connectivity index (χ3v) is 2.81. The van der Waals surface area contributed by atoms with Crippen molar-refractivity contribution < 1.29 is 9.90 Å². The Hall–Kier alpha value is -1.61. The summed E-state index contributed by atoms with van der Waals surface area (Å²) in [5, 5.41) is 18.0. The second-order valence-electron chi connectivity index (χ2n) is 3.24. The summed E-state index contributed by atoms with van der Waals surface area (Å²) in [6.07, 6.45) is 2.83. The molecule has 0 aliphatic heterocycles. The zero-order valence-electron chi connectivity index (χ0n) is 8.26. The molecule has 0 fully saturated rings. The summed E-state index contributed by atoms with van der Waals surface area (Å²) in [6, 6.07) is 1.87. The molecule has 5 nitrogen and oxygen atoms in total. The molecule has 1 aromatic heterocycles. The van der Waals surface area contributed by atoms with Crippen molar-refractivity contribution in [3.63, 3.8) is 0 Å². The van der Waals surface area contributed by atoms with Crippen LogP contribution >= 0.6 is 11.8 Å². The van der Waals surface area contributed by atoms with E-state index >= 15 is 0 Å². The molecule has 0 bridgehead atoms. The van der Waals surface area contributed by atoms with Crippen molar-refractivity contribution in [2.45, 2.75) is 23.6 Å². The number of hydrogen-bond donors (Lipinski definition) is 1. The molecular formula is C9H9N3O2S.